The number of carbonyl (C=O) groups is 1. The van der Waals surface area contributed by atoms with E-state index in [9.17, 15) is 4.79 Å². The number of hydrogen-bond acceptors (Lipinski definition) is 4. The van der Waals surface area contributed by atoms with Gasteiger partial charge in [0.25, 0.3) is 0 Å². The zero-order chi connectivity index (χ0) is 26.6. The number of rotatable bonds is 8. The summed E-state index contributed by atoms with van der Waals surface area (Å²) < 4.78 is 12.0. The standard InChI is InChI=1S/C30H32Cl2N2O3S/c1-3-38-16-4-15-36-27-12-5-20(17-19(27)2)29-28-24(25-18-22(32)8-11-26(25)33-28)13-14-34(29)30(35)37-23-9-6-21(31)7-10-23/h5-12,17-19,27,29,33H,3-4,13-16H2,1-2H3. The topological polar surface area (TPSA) is 54.6 Å². The van der Waals surface area contributed by atoms with Crippen LogP contribution in [0.3, 0.4) is 0 Å². The lowest BCUT2D eigenvalue weighted by molar-refractivity contribution is 0.0617. The van der Waals surface area contributed by atoms with Gasteiger partial charge in [0, 0.05) is 45.7 Å². The first-order valence-electron chi connectivity index (χ1n) is 13.1. The van der Waals surface area contributed by atoms with E-state index in [4.69, 9.17) is 32.7 Å². The van der Waals surface area contributed by atoms with Crippen LogP contribution in [0.15, 0.2) is 66.3 Å². The molecule has 0 fully saturated rings. The number of benzene rings is 2. The monoisotopic (exact) mass is 570 g/mol. The van der Waals surface area contributed by atoms with E-state index in [0.29, 0.717) is 28.8 Å². The minimum absolute atomic E-state index is 0.0180. The first kappa shape index (κ1) is 27.2. The number of carbonyl (C=O) groups excluding carboxylic acids is 1. The summed E-state index contributed by atoms with van der Waals surface area (Å²) in [5.41, 5.74) is 4.25. The average Bonchev–Trinajstić information content (AvgIpc) is 3.28. The highest BCUT2D eigenvalue weighted by Gasteiger charge is 2.37. The molecule has 1 aliphatic carbocycles. The van der Waals surface area contributed by atoms with Crippen molar-refractivity contribution >= 4 is 52.0 Å². The summed E-state index contributed by atoms with van der Waals surface area (Å²) in [5, 5.41) is 2.39. The molecule has 3 aromatic rings. The summed E-state index contributed by atoms with van der Waals surface area (Å²) in [5.74, 6) is 2.88. The van der Waals surface area contributed by atoms with Crippen molar-refractivity contribution in [1.29, 1.82) is 0 Å². The largest absolute Gasteiger partial charge is 0.416 e. The van der Waals surface area contributed by atoms with Crippen LogP contribution in [-0.4, -0.2) is 46.7 Å². The molecule has 0 spiro atoms. The van der Waals surface area contributed by atoms with Crippen LogP contribution in [0.1, 0.15) is 37.6 Å². The quantitative estimate of drug-likeness (QED) is 0.277. The fraction of sp³-hybridized carbons (Fsp3) is 0.367. The molecule has 2 heterocycles. The van der Waals surface area contributed by atoms with E-state index < -0.39 is 6.09 Å². The number of amides is 1. The van der Waals surface area contributed by atoms with Crippen LogP contribution in [0.5, 0.6) is 5.75 Å². The Balaban J connectivity index is 1.43. The van der Waals surface area contributed by atoms with Crippen molar-refractivity contribution in [2.45, 2.75) is 38.8 Å². The number of halogens is 2. The first-order valence-corrected chi connectivity index (χ1v) is 15.0. The molecular formula is C30H32Cl2N2O3S. The Morgan fingerprint density at radius 3 is 2.71 bits per heavy atom. The Bertz CT molecular complexity index is 1350. The summed E-state index contributed by atoms with van der Waals surface area (Å²) in [4.78, 5) is 18.9. The molecule has 3 atom stereocenters. The molecule has 0 radical (unpaired) electrons. The number of fused-ring (bicyclic) bond motifs is 3. The van der Waals surface area contributed by atoms with Gasteiger partial charge in [-0.25, -0.2) is 4.79 Å². The van der Waals surface area contributed by atoms with Gasteiger partial charge in [0.15, 0.2) is 0 Å². The molecule has 5 nitrogen and oxygen atoms in total. The second kappa shape index (κ2) is 12.2. The van der Waals surface area contributed by atoms with Gasteiger partial charge < -0.3 is 14.5 Å². The van der Waals surface area contributed by atoms with Crippen molar-refractivity contribution in [1.82, 2.24) is 9.88 Å². The lowest BCUT2D eigenvalue weighted by atomic mass is 9.86. The van der Waals surface area contributed by atoms with Crippen molar-refractivity contribution in [3.63, 3.8) is 0 Å². The van der Waals surface area contributed by atoms with Crippen LogP contribution in [0.25, 0.3) is 10.9 Å². The van der Waals surface area contributed by atoms with E-state index in [1.807, 2.05) is 30.0 Å². The zero-order valence-electron chi connectivity index (χ0n) is 21.6. The highest BCUT2D eigenvalue weighted by atomic mass is 35.5. The first-order chi connectivity index (χ1) is 18.4. The number of hydrogen-bond donors (Lipinski definition) is 1. The molecule has 1 aromatic heterocycles. The van der Waals surface area contributed by atoms with Crippen LogP contribution in [0.4, 0.5) is 4.79 Å². The highest BCUT2D eigenvalue weighted by molar-refractivity contribution is 7.99. The van der Waals surface area contributed by atoms with Crippen LogP contribution in [0, 0.1) is 5.92 Å². The Labute approximate surface area is 238 Å². The second-order valence-electron chi connectivity index (χ2n) is 9.65. The van der Waals surface area contributed by atoms with Gasteiger partial charge in [-0.15, -0.1) is 0 Å². The molecule has 2 aliphatic rings. The molecule has 200 valence electrons. The summed E-state index contributed by atoms with van der Waals surface area (Å²) in [7, 11) is 0. The Morgan fingerprint density at radius 1 is 1.16 bits per heavy atom. The molecular weight excluding hydrogens is 539 g/mol. The van der Waals surface area contributed by atoms with E-state index in [0.717, 1.165) is 46.7 Å². The molecule has 1 amide bonds. The van der Waals surface area contributed by atoms with Crippen molar-refractivity contribution in [2.24, 2.45) is 5.92 Å². The molecule has 38 heavy (non-hydrogen) atoms. The van der Waals surface area contributed by atoms with E-state index in [-0.39, 0.29) is 18.1 Å². The maximum atomic E-state index is 13.5. The fourth-order valence-electron chi connectivity index (χ4n) is 5.22. The maximum Gasteiger partial charge on any atom is 0.416 e. The molecule has 0 saturated heterocycles. The molecule has 1 aliphatic heterocycles. The van der Waals surface area contributed by atoms with Crippen molar-refractivity contribution < 1.29 is 14.3 Å². The number of thioether (sulfide) groups is 1. The summed E-state index contributed by atoms with van der Waals surface area (Å²) in [6.07, 6.45) is 7.83. The minimum Gasteiger partial charge on any atom is -0.410 e. The normalized spacial score (nSPS) is 20.9. The molecule has 0 saturated carbocycles. The molecule has 1 N–H and O–H groups in total. The zero-order valence-corrected chi connectivity index (χ0v) is 23.9. The third-order valence-electron chi connectivity index (χ3n) is 7.06. The predicted octanol–water partition coefficient (Wildman–Crippen LogP) is 8.23. The molecule has 2 aromatic carbocycles. The van der Waals surface area contributed by atoms with Crippen molar-refractivity contribution in [3.05, 3.63) is 87.6 Å². The molecule has 3 unspecified atom stereocenters. The number of aromatic nitrogens is 1. The van der Waals surface area contributed by atoms with Gasteiger partial charge in [0.2, 0.25) is 0 Å². The van der Waals surface area contributed by atoms with Crippen LogP contribution >= 0.6 is 35.0 Å². The summed E-state index contributed by atoms with van der Waals surface area (Å²) in [6.45, 7) is 5.61. The number of nitrogens with zero attached hydrogens (tertiary/aromatic N) is 1. The average molecular weight is 572 g/mol. The van der Waals surface area contributed by atoms with Crippen LogP contribution < -0.4 is 4.74 Å². The van der Waals surface area contributed by atoms with Gasteiger partial charge in [-0.1, -0.05) is 55.3 Å². The minimum atomic E-state index is -0.395. The van der Waals surface area contributed by atoms with Crippen LogP contribution in [-0.2, 0) is 11.2 Å². The number of nitrogens with one attached hydrogen (secondary N) is 1. The van der Waals surface area contributed by atoms with E-state index in [2.05, 4.69) is 37.1 Å². The van der Waals surface area contributed by atoms with E-state index in [1.54, 1.807) is 29.2 Å². The number of ether oxygens (including phenoxy) is 2. The van der Waals surface area contributed by atoms with Gasteiger partial charge in [0.05, 0.1) is 6.10 Å². The molecule has 8 heteroatoms. The summed E-state index contributed by atoms with van der Waals surface area (Å²) >= 11 is 14.3. The SMILES string of the molecule is CCSCCCOC1C=CC(C2c3[nH]c4ccc(Cl)cc4c3CCN2C(=O)Oc2ccc(Cl)cc2)=CC1C. The smallest absolute Gasteiger partial charge is 0.410 e. The third kappa shape index (κ3) is 5.94. The van der Waals surface area contributed by atoms with Crippen molar-refractivity contribution in [2.75, 3.05) is 24.7 Å². The van der Waals surface area contributed by atoms with Gasteiger partial charge in [-0.05, 0) is 77.9 Å². The van der Waals surface area contributed by atoms with Gasteiger partial charge in [0.1, 0.15) is 11.8 Å². The predicted molar refractivity (Wildman–Crippen MR) is 158 cm³/mol. The molecule has 5 rings (SSSR count). The summed E-state index contributed by atoms with van der Waals surface area (Å²) in [6, 6.07) is 12.4. The Kier molecular flexibility index (Phi) is 8.74. The Morgan fingerprint density at radius 2 is 1.95 bits per heavy atom. The van der Waals surface area contributed by atoms with Gasteiger partial charge in [-0.3, -0.25) is 4.90 Å². The van der Waals surface area contributed by atoms with E-state index >= 15 is 0 Å². The lowest BCUT2D eigenvalue weighted by Gasteiger charge is -2.37. The molecule has 0 bridgehead atoms. The van der Waals surface area contributed by atoms with E-state index in [1.165, 1.54) is 5.56 Å². The highest BCUT2D eigenvalue weighted by Crippen LogP contribution is 2.41. The number of H-pyrrole nitrogens is 1. The third-order valence-corrected chi connectivity index (χ3v) is 8.53. The Hall–Kier alpha value is -2.38. The van der Waals surface area contributed by atoms with Crippen molar-refractivity contribution in [3.8, 4) is 5.75 Å². The van der Waals surface area contributed by atoms with Gasteiger partial charge >= 0.3 is 6.09 Å². The lowest BCUT2D eigenvalue weighted by Crippen LogP contribution is -2.42. The van der Waals surface area contributed by atoms with Crippen LogP contribution in [0.2, 0.25) is 10.0 Å². The van der Waals surface area contributed by atoms with Gasteiger partial charge in [-0.2, -0.15) is 11.8 Å². The maximum absolute atomic E-state index is 13.5. The number of aromatic amines is 1. The fourth-order valence-corrected chi connectivity index (χ4v) is 6.12. The second-order valence-corrected chi connectivity index (χ2v) is 11.9.